The van der Waals surface area contributed by atoms with E-state index >= 15 is 0 Å². The summed E-state index contributed by atoms with van der Waals surface area (Å²) in [6.45, 7) is 5.85. The van der Waals surface area contributed by atoms with Crippen molar-refractivity contribution in [3.05, 3.63) is 72.3 Å². The second kappa shape index (κ2) is 10.6. The lowest BCUT2D eigenvalue weighted by atomic mass is 9.98. The first kappa shape index (κ1) is 26.0. The number of ether oxygens (including phenoxy) is 3. The van der Waals surface area contributed by atoms with Gasteiger partial charge in [0.2, 0.25) is 18.6 Å². The molecule has 1 aliphatic heterocycles. The van der Waals surface area contributed by atoms with Crippen LogP contribution in [0.5, 0.6) is 17.2 Å². The Morgan fingerprint density at radius 2 is 1.82 bits per heavy atom. The number of aromatic nitrogens is 3. The van der Waals surface area contributed by atoms with E-state index in [0.29, 0.717) is 46.0 Å². The number of carbonyl (C=O) groups excluding carboxylic acids is 2. The Bertz CT molecular complexity index is 1500. The van der Waals surface area contributed by atoms with Crippen molar-refractivity contribution >= 4 is 28.5 Å². The van der Waals surface area contributed by atoms with Gasteiger partial charge in [-0.25, -0.2) is 4.68 Å². The molecule has 2 heterocycles. The summed E-state index contributed by atoms with van der Waals surface area (Å²) in [4.78, 5) is 29.7. The highest BCUT2D eigenvalue weighted by atomic mass is 16.7. The van der Waals surface area contributed by atoms with E-state index in [0.717, 1.165) is 0 Å². The number of nitrogens with one attached hydrogen (secondary N) is 1. The van der Waals surface area contributed by atoms with Gasteiger partial charge < -0.3 is 19.5 Å². The van der Waals surface area contributed by atoms with Crippen LogP contribution in [0.4, 0.5) is 5.69 Å². The average molecular weight is 530 g/mol. The third-order valence-corrected chi connectivity index (χ3v) is 6.89. The van der Waals surface area contributed by atoms with Crippen LogP contribution in [0.1, 0.15) is 38.8 Å². The molecule has 0 saturated heterocycles. The SMILES string of the molecule is CCC(C)(C)NC(=O)[C@H](c1ccc(OC)cc1)N(C(=O)Cn1nnc2ccccc21)c1ccc2c(c1)OCO2. The van der Waals surface area contributed by atoms with Gasteiger partial charge in [-0.15, -0.1) is 5.10 Å². The van der Waals surface area contributed by atoms with Crippen LogP contribution >= 0.6 is 0 Å². The molecule has 0 fully saturated rings. The Labute approximate surface area is 226 Å². The lowest BCUT2D eigenvalue weighted by Crippen LogP contribution is -2.51. The molecule has 1 aromatic heterocycles. The number of para-hydroxylation sites is 1. The van der Waals surface area contributed by atoms with Gasteiger partial charge in [-0.1, -0.05) is 36.4 Å². The Morgan fingerprint density at radius 1 is 1.08 bits per heavy atom. The van der Waals surface area contributed by atoms with Crippen LogP contribution in [-0.4, -0.2) is 46.2 Å². The van der Waals surface area contributed by atoms with Crippen molar-refractivity contribution in [3.8, 4) is 17.2 Å². The van der Waals surface area contributed by atoms with Gasteiger partial charge in [0.25, 0.3) is 0 Å². The summed E-state index contributed by atoms with van der Waals surface area (Å²) >= 11 is 0. The van der Waals surface area contributed by atoms with Crippen LogP contribution in [0, 0.1) is 0 Å². The predicted octanol–water partition coefficient (Wildman–Crippen LogP) is 4.25. The third kappa shape index (κ3) is 5.36. The number of hydrogen-bond acceptors (Lipinski definition) is 7. The average Bonchev–Trinajstić information content (AvgIpc) is 3.58. The molecule has 1 atom stereocenters. The van der Waals surface area contributed by atoms with Gasteiger partial charge in [-0.05, 0) is 62.2 Å². The van der Waals surface area contributed by atoms with Crippen LogP contribution in [0.2, 0.25) is 0 Å². The van der Waals surface area contributed by atoms with Gasteiger partial charge in [0.1, 0.15) is 23.9 Å². The Hall–Kier alpha value is -4.60. The first-order chi connectivity index (χ1) is 18.8. The highest BCUT2D eigenvalue weighted by Gasteiger charge is 2.36. The first-order valence-electron chi connectivity index (χ1n) is 12.8. The zero-order valence-corrected chi connectivity index (χ0v) is 22.4. The fourth-order valence-electron chi connectivity index (χ4n) is 4.40. The summed E-state index contributed by atoms with van der Waals surface area (Å²) in [6, 6.07) is 18.7. The van der Waals surface area contributed by atoms with E-state index in [9.17, 15) is 9.59 Å². The molecule has 10 heteroatoms. The molecule has 0 saturated carbocycles. The molecule has 4 aromatic rings. The standard InChI is InChI=1S/C29H31N5O5/c1-5-29(2,3)30-28(36)27(19-10-13-21(37-4)14-11-19)34(20-12-15-24-25(16-20)39-18-38-24)26(35)17-33-23-9-7-6-8-22(23)31-32-33/h6-16,27H,5,17-18H2,1-4H3,(H,30,36)/t27-/m0/s1. The van der Waals surface area contributed by atoms with Crippen molar-refractivity contribution < 1.29 is 23.8 Å². The zero-order chi connectivity index (χ0) is 27.6. The van der Waals surface area contributed by atoms with E-state index in [1.165, 1.54) is 9.58 Å². The van der Waals surface area contributed by atoms with E-state index in [1.807, 2.05) is 45.0 Å². The Balaban J connectivity index is 1.62. The minimum Gasteiger partial charge on any atom is -0.497 e. The molecule has 0 spiro atoms. The summed E-state index contributed by atoms with van der Waals surface area (Å²) < 4.78 is 18.0. The van der Waals surface area contributed by atoms with Crippen LogP contribution in [0.15, 0.2) is 66.7 Å². The summed E-state index contributed by atoms with van der Waals surface area (Å²) in [5.74, 6) is 1.04. The molecule has 1 aliphatic rings. The van der Waals surface area contributed by atoms with Crippen molar-refractivity contribution in [3.63, 3.8) is 0 Å². The number of carbonyl (C=O) groups is 2. The smallest absolute Gasteiger partial charge is 0.249 e. The molecule has 3 aromatic carbocycles. The quantitative estimate of drug-likeness (QED) is 0.345. The molecule has 39 heavy (non-hydrogen) atoms. The minimum absolute atomic E-state index is 0.0881. The zero-order valence-electron chi connectivity index (χ0n) is 22.4. The molecular formula is C29H31N5O5. The fraction of sp³-hybridized carbons (Fsp3) is 0.310. The largest absolute Gasteiger partial charge is 0.497 e. The molecule has 2 amide bonds. The predicted molar refractivity (Wildman–Crippen MR) is 146 cm³/mol. The van der Waals surface area contributed by atoms with Crippen LogP contribution in [0.3, 0.4) is 0 Å². The van der Waals surface area contributed by atoms with Crippen molar-refractivity contribution in [2.24, 2.45) is 0 Å². The third-order valence-electron chi connectivity index (χ3n) is 6.89. The summed E-state index contributed by atoms with van der Waals surface area (Å²) in [5, 5.41) is 11.5. The number of rotatable bonds is 9. The Morgan fingerprint density at radius 3 is 2.56 bits per heavy atom. The lowest BCUT2D eigenvalue weighted by Gasteiger charge is -2.34. The number of hydrogen-bond donors (Lipinski definition) is 1. The number of nitrogens with zero attached hydrogens (tertiary/aromatic N) is 4. The van der Waals surface area contributed by atoms with E-state index in [2.05, 4.69) is 15.6 Å². The summed E-state index contributed by atoms with van der Waals surface area (Å²) in [7, 11) is 1.58. The van der Waals surface area contributed by atoms with Gasteiger partial charge in [-0.2, -0.15) is 0 Å². The molecule has 10 nitrogen and oxygen atoms in total. The van der Waals surface area contributed by atoms with E-state index in [4.69, 9.17) is 14.2 Å². The van der Waals surface area contributed by atoms with Crippen LogP contribution in [-0.2, 0) is 16.1 Å². The van der Waals surface area contributed by atoms with Crippen LogP contribution in [0.25, 0.3) is 11.0 Å². The molecule has 0 aliphatic carbocycles. The number of benzene rings is 3. The van der Waals surface area contributed by atoms with E-state index in [1.54, 1.807) is 49.6 Å². The molecule has 202 valence electrons. The minimum atomic E-state index is -0.996. The monoisotopic (exact) mass is 529 g/mol. The van der Waals surface area contributed by atoms with Crippen molar-refractivity contribution in [2.45, 2.75) is 45.3 Å². The molecule has 0 unspecified atom stereocenters. The molecule has 1 N–H and O–H groups in total. The van der Waals surface area contributed by atoms with E-state index < -0.39 is 11.6 Å². The van der Waals surface area contributed by atoms with Gasteiger partial charge in [0.15, 0.2) is 11.5 Å². The van der Waals surface area contributed by atoms with Gasteiger partial charge in [0, 0.05) is 17.3 Å². The number of fused-ring (bicyclic) bond motifs is 2. The molecular weight excluding hydrogens is 498 g/mol. The van der Waals surface area contributed by atoms with Gasteiger partial charge >= 0.3 is 0 Å². The van der Waals surface area contributed by atoms with Gasteiger partial charge in [-0.3, -0.25) is 14.5 Å². The number of methoxy groups -OCH3 is 1. The molecule has 0 radical (unpaired) electrons. The first-order valence-corrected chi connectivity index (χ1v) is 12.8. The van der Waals surface area contributed by atoms with Crippen molar-refractivity contribution in [1.29, 1.82) is 0 Å². The topological polar surface area (TPSA) is 108 Å². The molecule has 5 rings (SSSR count). The summed E-state index contributed by atoms with van der Waals surface area (Å²) in [6.07, 6.45) is 0.705. The van der Waals surface area contributed by atoms with Gasteiger partial charge in [0.05, 0.1) is 12.6 Å². The highest BCUT2D eigenvalue weighted by Crippen LogP contribution is 2.38. The van der Waals surface area contributed by atoms with Crippen molar-refractivity contribution in [2.75, 3.05) is 18.8 Å². The maximum Gasteiger partial charge on any atom is 0.249 e. The second-order valence-electron chi connectivity index (χ2n) is 9.94. The summed E-state index contributed by atoms with van der Waals surface area (Å²) in [5.41, 5.74) is 2.00. The number of amides is 2. The fourth-order valence-corrected chi connectivity index (χ4v) is 4.40. The van der Waals surface area contributed by atoms with E-state index in [-0.39, 0.29) is 25.2 Å². The second-order valence-corrected chi connectivity index (χ2v) is 9.94. The Kier molecular flexibility index (Phi) is 7.10. The van der Waals surface area contributed by atoms with Crippen molar-refractivity contribution in [1.82, 2.24) is 20.3 Å². The highest BCUT2D eigenvalue weighted by molar-refractivity contribution is 6.02. The molecule has 0 bridgehead atoms. The lowest BCUT2D eigenvalue weighted by molar-refractivity contribution is -0.128. The number of anilines is 1. The normalized spacial score (nSPS) is 13.2. The maximum atomic E-state index is 14.2. The van der Waals surface area contributed by atoms with Crippen LogP contribution < -0.4 is 24.4 Å². The maximum absolute atomic E-state index is 14.2.